The van der Waals surface area contributed by atoms with E-state index in [0.29, 0.717) is 18.4 Å². The zero-order chi connectivity index (χ0) is 19.1. The van der Waals surface area contributed by atoms with Crippen LogP contribution < -0.4 is 5.32 Å². The minimum absolute atomic E-state index is 0.0193. The molecule has 1 fully saturated rings. The maximum atomic E-state index is 12.5. The zero-order valence-corrected chi connectivity index (χ0v) is 16.8. The van der Waals surface area contributed by atoms with E-state index in [2.05, 4.69) is 56.6 Å². The maximum absolute atomic E-state index is 12.5. The van der Waals surface area contributed by atoms with Gasteiger partial charge in [0.1, 0.15) is 0 Å². The Morgan fingerprint density at radius 1 is 1.27 bits per heavy atom. The van der Waals surface area contributed by atoms with Crippen molar-refractivity contribution in [3.63, 3.8) is 0 Å². The number of rotatable bonds is 5. The van der Waals surface area contributed by atoms with Gasteiger partial charge in [-0.05, 0) is 56.2 Å². The van der Waals surface area contributed by atoms with Crippen LogP contribution >= 0.6 is 0 Å². The van der Waals surface area contributed by atoms with Gasteiger partial charge in [-0.3, -0.25) is 10.1 Å². The number of methoxy groups -OCH3 is 1. The fourth-order valence-corrected chi connectivity index (χ4v) is 3.34. The molecule has 142 valence electrons. The minimum Gasteiger partial charge on any atom is -0.374 e. The summed E-state index contributed by atoms with van der Waals surface area (Å²) in [5.74, 6) is 0.692. The molecule has 1 aromatic heterocycles. The molecule has 3 rings (SSSR count). The van der Waals surface area contributed by atoms with Crippen molar-refractivity contribution in [2.45, 2.75) is 71.9 Å². The molecule has 1 saturated carbocycles. The number of nitrogens with zero attached hydrogens (tertiary/aromatic N) is 2. The molecule has 0 unspecified atom stereocenters. The lowest BCUT2D eigenvalue weighted by atomic mass is 9.91. The van der Waals surface area contributed by atoms with Crippen molar-refractivity contribution in [1.29, 1.82) is 0 Å². The maximum Gasteiger partial charge on any atom is 0.227 e. The summed E-state index contributed by atoms with van der Waals surface area (Å²) in [6, 6.07) is 6.65. The number of hydrogen-bond acceptors (Lipinski definition) is 3. The largest absolute Gasteiger partial charge is 0.374 e. The number of amides is 1. The summed E-state index contributed by atoms with van der Waals surface area (Å²) in [5, 5.41) is 3.06. The third-order valence-electron chi connectivity index (χ3n) is 5.28. The highest BCUT2D eigenvalue weighted by molar-refractivity contribution is 5.92. The normalized spacial score (nSPS) is 15.9. The summed E-state index contributed by atoms with van der Waals surface area (Å²) >= 11 is 0. The minimum atomic E-state index is -0.363. The SMILES string of the molecule is COC(C)(C)c1ccc2nc(NC(=O)CC(C)(C)C)n(C3CCC3)c2c1. The Labute approximate surface area is 156 Å². The van der Waals surface area contributed by atoms with Crippen LogP contribution in [0.25, 0.3) is 11.0 Å². The number of imidazole rings is 1. The Kier molecular flexibility index (Phi) is 4.86. The number of benzene rings is 1. The van der Waals surface area contributed by atoms with Crippen LogP contribution in [0.5, 0.6) is 0 Å². The standard InChI is InChI=1S/C21H31N3O2/c1-20(2,3)13-18(25)23-19-22-16-11-10-14(21(4,5)26-6)12-17(16)24(19)15-8-7-9-15/h10-12,15H,7-9,13H2,1-6H3,(H,22,23,25). The Morgan fingerprint density at radius 2 is 1.96 bits per heavy atom. The van der Waals surface area contributed by atoms with Gasteiger partial charge in [0.25, 0.3) is 0 Å². The molecule has 2 aromatic rings. The molecule has 0 saturated heterocycles. The van der Waals surface area contributed by atoms with Gasteiger partial charge >= 0.3 is 0 Å². The fourth-order valence-electron chi connectivity index (χ4n) is 3.34. The molecule has 26 heavy (non-hydrogen) atoms. The van der Waals surface area contributed by atoms with Crippen LogP contribution in [0.15, 0.2) is 18.2 Å². The number of anilines is 1. The predicted octanol–water partition coefficient (Wildman–Crippen LogP) is 5.02. The van der Waals surface area contributed by atoms with E-state index in [9.17, 15) is 4.79 Å². The van der Waals surface area contributed by atoms with Gasteiger partial charge < -0.3 is 9.30 Å². The van der Waals surface area contributed by atoms with E-state index in [4.69, 9.17) is 9.72 Å². The zero-order valence-electron chi connectivity index (χ0n) is 16.8. The number of hydrogen-bond donors (Lipinski definition) is 1. The van der Waals surface area contributed by atoms with Crippen LogP contribution in [0.2, 0.25) is 0 Å². The smallest absolute Gasteiger partial charge is 0.227 e. The Balaban J connectivity index is 2.01. The highest BCUT2D eigenvalue weighted by Crippen LogP contribution is 2.38. The lowest BCUT2D eigenvalue weighted by molar-refractivity contribution is -0.117. The molecule has 0 aliphatic heterocycles. The van der Waals surface area contributed by atoms with Gasteiger partial charge in [-0.2, -0.15) is 0 Å². The molecule has 1 heterocycles. The van der Waals surface area contributed by atoms with Crippen molar-refractivity contribution in [3.8, 4) is 0 Å². The Bertz CT molecular complexity index is 811. The monoisotopic (exact) mass is 357 g/mol. The highest BCUT2D eigenvalue weighted by atomic mass is 16.5. The second-order valence-corrected chi connectivity index (χ2v) is 9.09. The van der Waals surface area contributed by atoms with Crippen molar-refractivity contribution in [3.05, 3.63) is 23.8 Å². The van der Waals surface area contributed by atoms with Crippen LogP contribution in [-0.2, 0) is 15.1 Å². The van der Waals surface area contributed by atoms with Gasteiger partial charge in [-0.1, -0.05) is 26.8 Å². The topological polar surface area (TPSA) is 56.1 Å². The molecule has 0 spiro atoms. The first kappa shape index (κ1) is 18.9. The van der Waals surface area contributed by atoms with Crippen molar-refractivity contribution in [2.24, 2.45) is 5.41 Å². The second-order valence-electron chi connectivity index (χ2n) is 9.09. The molecular weight excluding hydrogens is 326 g/mol. The summed E-state index contributed by atoms with van der Waals surface area (Å²) in [5.41, 5.74) is 2.69. The van der Waals surface area contributed by atoms with E-state index < -0.39 is 0 Å². The average Bonchev–Trinajstić information content (AvgIpc) is 2.81. The first-order chi connectivity index (χ1) is 12.1. The molecule has 5 heteroatoms. The van der Waals surface area contributed by atoms with E-state index in [1.54, 1.807) is 7.11 Å². The van der Waals surface area contributed by atoms with Gasteiger partial charge in [0.15, 0.2) is 0 Å². The summed E-state index contributed by atoms with van der Waals surface area (Å²) < 4.78 is 7.86. The number of ether oxygens (including phenoxy) is 1. The molecule has 1 aliphatic carbocycles. The van der Waals surface area contributed by atoms with Crippen molar-refractivity contribution in [2.75, 3.05) is 12.4 Å². The van der Waals surface area contributed by atoms with Gasteiger partial charge in [0.2, 0.25) is 11.9 Å². The van der Waals surface area contributed by atoms with E-state index in [0.717, 1.165) is 29.4 Å². The van der Waals surface area contributed by atoms with Gasteiger partial charge in [0.05, 0.1) is 16.6 Å². The van der Waals surface area contributed by atoms with Gasteiger partial charge in [-0.15, -0.1) is 0 Å². The number of carbonyl (C=O) groups is 1. The highest BCUT2D eigenvalue weighted by Gasteiger charge is 2.28. The van der Waals surface area contributed by atoms with Gasteiger partial charge in [0, 0.05) is 19.6 Å². The van der Waals surface area contributed by atoms with Crippen LogP contribution in [0.4, 0.5) is 5.95 Å². The molecule has 1 aromatic carbocycles. The predicted molar refractivity (Wildman–Crippen MR) is 105 cm³/mol. The van der Waals surface area contributed by atoms with Crippen molar-refractivity contribution in [1.82, 2.24) is 9.55 Å². The fraction of sp³-hybridized carbons (Fsp3) is 0.619. The number of carbonyl (C=O) groups excluding carboxylic acids is 1. The van der Waals surface area contributed by atoms with E-state index in [-0.39, 0.29) is 16.9 Å². The van der Waals surface area contributed by atoms with Gasteiger partial charge in [-0.25, -0.2) is 4.98 Å². The Morgan fingerprint density at radius 3 is 2.50 bits per heavy atom. The molecule has 0 bridgehead atoms. The third kappa shape index (κ3) is 3.78. The van der Waals surface area contributed by atoms with E-state index >= 15 is 0 Å². The molecule has 5 nitrogen and oxygen atoms in total. The molecule has 0 radical (unpaired) electrons. The van der Waals surface area contributed by atoms with Crippen LogP contribution in [-0.4, -0.2) is 22.6 Å². The van der Waals surface area contributed by atoms with Crippen molar-refractivity contribution < 1.29 is 9.53 Å². The summed E-state index contributed by atoms with van der Waals surface area (Å²) in [4.78, 5) is 17.2. The third-order valence-corrected chi connectivity index (χ3v) is 5.28. The number of nitrogens with one attached hydrogen (secondary N) is 1. The Hall–Kier alpha value is -1.88. The van der Waals surface area contributed by atoms with Crippen LogP contribution in [0.1, 0.15) is 71.9 Å². The van der Waals surface area contributed by atoms with E-state index in [1.807, 2.05) is 6.07 Å². The quantitative estimate of drug-likeness (QED) is 0.817. The molecule has 1 N–H and O–H groups in total. The lowest BCUT2D eigenvalue weighted by Crippen LogP contribution is -2.24. The second kappa shape index (κ2) is 6.69. The first-order valence-corrected chi connectivity index (χ1v) is 9.48. The van der Waals surface area contributed by atoms with Crippen molar-refractivity contribution >= 4 is 22.9 Å². The molecule has 0 atom stereocenters. The summed E-state index contributed by atoms with van der Waals surface area (Å²) in [7, 11) is 1.73. The lowest BCUT2D eigenvalue weighted by Gasteiger charge is -2.30. The number of fused-ring (bicyclic) bond motifs is 1. The molecule has 1 amide bonds. The number of aromatic nitrogens is 2. The molecular formula is C21H31N3O2. The van der Waals surface area contributed by atoms with E-state index in [1.165, 1.54) is 6.42 Å². The van der Waals surface area contributed by atoms with Crippen LogP contribution in [0.3, 0.4) is 0 Å². The first-order valence-electron chi connectivity index (χ1n) is 9.48. The van der Waals surface area contributed by atoms with Crippen LogP contribution in [0, 0.1) is 5.41 Å². The summed E-state index contributed by atoms with van der Waals surface area (Å²) in [6.45, 7) is 10.3. The molecule has 1 aliphatic rings. The average molecular weight is 357 g/mol. The summed E-state index contributed by atoms with van der Waals surface area (Å²) in [6.07, 6.45) is 3.96.